The average molecular weight is 354 g/mol. The van der Waals surface area contributed by atoms with Crippen LogP contribution in [0.5, 0.6) is 11.5 Å². The standard InChI is InChI=1S/C22H26O4/c1-6-8-9-16(7-2)11-12-17-14-19(26-5)18(13-10-15(3)4)21(23)20(17)22(24)25/h6-12,14,23H,2,13H2,1,3-5H3,(H,24,25)/b8-6-,12-11+,16-9+. The highest BCUT2D eigenvalue weighted by Gasteiger charge is 2.21. The number of carboxylic acid groups (broad SMARTS) is 1. The molecule has 0 fully saturated rings. The first-order valence-electron chi connectivity index (χ1n) is 8.28. The van der Waals surface area contributed by atoms with E-state index in [0.29, 0.717) is 23.3 Å². The Hall–Kier alpha value is -3.01. The van der Waals surface area contributed by atoms with E-state index >= 15 is 0 Å². The molecule has 2 N–H and O–H groups in total. The number of allylic oxidation sites excluding steroid dienone is 8. The largest absolute Gasteiger partial charge is 0.507 e. The fourth-order valence-corrected chi connectivity index (χ4v) is 2.33. The summed E-state index contributed by atoms with van der Waals surface area (Å²) in [5.74, 6) is -1.02. The third-order valence-electron chi connectivity index (χ3n) is 3.72. The van der Waals surface area contributed by atoms with Crippen LogP contribution < -0.4 is 4.74 Å². The van der Waals surface area contributed by atoms with Crippen molar-refractivity contribution >= 4 is 12.0 Å². The van der Waals surface area contributed by atoms with Crippen LogP contribution in [0.4, 0.5) is 0 Å². The van der Waals surface area contributed by atoms with E-state index in [4.69, 9.17) is 4.74 Å². The van der Waals surface area contributed by atoms with Gasteiger partial charge in [0.05, 0.1) is 7.11 Å². The molecule has 0 saturated heterocycles. The first-order valence-corrected chi connectivity index (χ1v) is 8.28. The number of methoxy groups -OCH3 is 1. The number of benzene rings is 1. The molecule has 0 bridgehead atoms. The first kappa shape index (κ1) is 21.0. The molecule has 0 amide bonds. The fourth-order valence-electron chi connectivity index (χ4n) is 2.33. The zero-order valence-electron chi connectivity index (χ0n) is 15.7. The number of aromatic hydroxyl groups is 1. The molecule has 0 spiro atoms. The van der Waals surface area contributed by atoms with Crippen molar-refractivity contribution in [3.05, 3.63) is 76.9 Å². The lowest BCUT2D eigenvalue weighted by Crippen LogP contribution is -2.04. The molecule has 1 aromatic rings. The van der Waals surface area contributed by atoms with Gasteiger partial charge in [0, 0.05) is 5.56 Å². The molecule has 0 atom stereocenters. The van der Waals surface area contributed by atoms with Gasteiger partial charge in [0.25, 0.3) is 0 Å². The number of hydrogen-bond donors (Lipinski definition) is 2. The molecule has 0 aliphatic carbocycles. The zero-order chi connectivity index (χ0) is 19.7. The van der Waals surface area contributed by atoms with Crippen LogP contribution in [-0.4, -0.2) is 23.3 Å². The van der Waals surface area contributed by atoms with E-state index in [9.17, 15) is 15.0 Å². The van der Waals surface area contributed by atoms with Gasteiger partial charge in [-0.2, -0.15) is 0 Å². The summed E-state index contributed by atoms with van der Waals surface area (Å²) in [6.45, 7) is 9.51. The summed E-state index contributed by atoms with van der Waals surface area (Å²) < 4.78 is 5.37. The minimum absolute atomic E-state index is 0.145. The minimum atomic E-state index is -1.19. The van der Waals surface area contributed by atoms with Gasteiger partial charge >= 0.3 is 5.97 Å². The van der Waals surface area contributed by atoms with Gasteiger partial charge in [0.15, 0.2) is 0 Å². The van der Waals surface area contributed by atoms with Crippen LogP contribution in [0.15, 0.2) is 60.2 Å². The molecule has 0 radical (unpaired) electrons. The molecule has 1 aromatic carbocycles. The van der Waals surface area contributed by atoms with Gasteiger partial charge in [-0.3, -0.25) is 0 Å². The second-order valence-corrected chi connectivity index (χ2v) is 5.89. The van der Waals surface area contributed by atoms with Crippen molar-refractivity contribution < 1.29 is 19.7 Å². The third-order valence-corrected chi connectivity index (χ3v) is 3.72. The SMILES string of the molecule is C=CC(/C=C/c1cc(OC)c(CC=C(C)C)c(O)c1C(=O)O)=C\C=C/C. The summed E-state index contributed by atoms with van der Waals surface area (Å²) >= 11 is 0. The van der Waals surface area contributed by atoms with Crippen LogP contribution in [0.1, 0.15) is 42.3 Å². The normalized spacial score (nSPS) is 11.8. The van der Waals surface area contributed by atoms with E-state index in [2.05, 4.69) is 6.58 Å². The van der Waals surface area contributed by atoms with Crippen molar-refractivity contribution in [3.63, 3.8) is 0 Å². The molecule has 26 heavy (non-hydrogen) atoms. The summed E-state index contributed by atoms with van der Waals surface area (Å²) in [4.78, 5) is 11.7. The minimum Gasteiger partial charge on any atom is -0.507 e. The number of carbonyl (C=O) groups is 1. The van der Waals surface area contributed by atoms with Crippen LogP contribution in [-0.2, 0) is 6.42 Å². The summed E-state index contributed by atoms with van der Waals surface area (Å²) in [5, 5.41) is 20.1. The number of ether oxygens (including phenoxy) is 1. The maximum absolute atomic E-state index is 11.7. The van der Waals surface area contributed by atoms with Gasteiger partial charge < -0.3 is 14.9 Å². The van der Waals surface area contributed by atoms with Crippen molar-refractivity contribution in [2.45, 2.75) is 27.2 Å². The molecular weight excluding hydrogens is 328 g/mol. The molecule has 0 heterocycles. The molecule has 4 heteroatoms. The Morgan fingerprint density at radius 2 is 2.04 bits per heavy atom. The summed E-state index contributed by atoms with van der Waals surface area (Å²) in [7, 11) is 1.50. The highest BCUT2D eigenvalue weighted by atomic mass is 16.5. The molecular formula is C22H26O4. The summed E-state index contributed by atoms with van der Waals surface area (Å²) in [5.41, 5.74) is 2.55. The predicted octanol–water partition coefficient (Wildman–Crippen LogP) is 5.31. The molecule has 4 nitrogen and oxygen atoms in total. The smallest absolute Gasteiger partial charge is 0.340 e. The third kappa shape index (κ3) is 5.52. The lowest BCUT2D eigenvalue weighted by atomic mass is 9.97. The van der Waals surface area contributed by atoms with Gasteiger partial charge in [-0.1, -0.05) is 54.7 Å². The quantitative estimate of drug-likeness (QED) is 0.490. The van der Waals surface area contributed by atoms with E-state index in [1.165, 1.54) is 7.11 Å². The van der Waals surface area contributed by atoms with E-state index in [1.807, 2.05) is 45.1 Å². The number of carboxylic acids is 1. The highest BCUT2D eigenvalue weighted by Crippen LogP contribution is 2.36. The lowest BCUT2D eigenvalue weighted by molar-refractivity contribution is 0.0693. The number of rotatable bonds is 8. The van der Waals surface area contributed by atoms with Gasteiger partial charge in [-0.25, -0.2) is 4.79 Å². The van der Waals surface area contributed by atoms with Crippen molar-refractivity contribution in [3.8, 4) is 11.5 Å². The Morgan fingerprint density at radius 3 is 2.54 bits per heavy atom. The molecule has 0 aromatic heterocycles. The predicted molar refractivity (Wildman–Crippen MR) is 107 cm³/mol. The Morgan fingerprint density at radius 1 is 1.35 bits per heavy atom. The van der Waals surface area contributed by atoms with Crippen LogP contribution in [0.25, 0.3) is 6.08 Å². The van der Waals surface area contributed by atoms with Crippen molar-refractivity contribution in [1.29, 1.82) is 0 Å². The van der Waals surface area contributed by atoms with E-state index in [0.717, 1.165) is 11.1 Å². The zero-order valence-corrected chi connectivity index (χ0v) is 15.7. The summed E-state index contributed by atoms with van der Waals surface area (Å²) in [6.07, 6.45) is 12.9. The Labute approximate surface area is 155 Å². The Balaban J connectivity index is 3.53. The topological polar surface area (TPSA) is 66.8 Å². The number of phenols is 1. The highest BCUT2D eigenvalue weighted by molar-refractivity contribution is 5.96. The first-order chi connectivity index (χ1) is 12.3. The van der Waals surface area contributed by atoms with Crippen LogP contribution in [0.2, 0.25) is 0 Å². The molecule has 0 saturated carbocycles. The average Bonchev–Trinajstić information content (AvgIpc) is 2.59. The van der Waals surface area contributed by atoms with Crippen LogP contribution in [0, 0.1) is 0 Å². The van der Waals surface area contributed by atoms with Gasteiger partial charge in [0.2, 0.25) is 0 Å². The second kappa shape index (κ2) is 10.1. The molecule has 0 aliphatic rings. The van der Waals surface area contributed by atoms with Crippen LogP contribution >= 0.6 is 0 Å². The van der Waals surface area contributed by atoms with Gasteiger partial charge in [-0.05, 0) is 44.4 Å². The van der Waals surface area contributed by atoms with Crippen molar-refractivity contribution in [2.24, 2.45) is 0 Å². The van der Waals surface area contributed by atoms with Crippen molar-refractivity contribution in [2.75, 3.05) is 7.11 Å². The number of hydrogen-bond acceptors (Lipinski definition) is 3. The molecule has 138 valence electrons. The van der Waals surface area contributed by atoms with Gasteiger partial charge in [0.1, 0.15) is 17.1 Å². The molecule has 1 rings (SSSR count). The van der Waals surface area contributed by atoms with Crippen molar-refractivity contribution in [1.82, 2.24) is 0 Å². The molecule has 0 unspecified atom stereocenters. The summed E-state index contributed by atoms with van der Waals surface area (Å²) in [6, 6.07) is 1.63. The van der Waals surface area contributed by atoms with Gasteiger partial charge in [-0.15, -0.1) is 0 Å². The molecule has 0 aliphatic heterocycles. The van der Waals surface area contributed by atoms with E-state index < -0.39 is 5.97 Å². The second-order valence-electron chi connectivity index (χ2n) is 5.89. The fraction of sp³-hybridized carbons (Fsp3) is 0.227. The number of aromatic carboxylic acids is 1. The Kier molecular flexibility index (Phi) is 8.16. The van der Waals surface area contributed by atoms with E-state index in [-0.39, 0.29) is 11.3 Å². The maximum atomic E-state index is 11.7. The maximum Gasteiger partial charge on any atom is 0.340 e. The monoisotopic (exact) mass is 354 g/mol. The lowest BCUT2D eigenvalue weighted by Gasteiger charge is -2.14. The van der Waals surface area contributed by atoms with E-state index in [1.54, 1.807) is 24.3 Å². The Bertz CT molecular complexity index is 789. The van der Waals surface area contributed by atoms with Crippen LogP contribution in [0.3, 0.4) is 0 Å².